The van der Waals surface area contributed by atoms with Crippen molar-refractivity contribution >= 4 is 11.8 Å². The SMILES string of the molecule is O=C(NC[C@@H]1CC(=O)N(C2CC2)[C@H]1c1cccnc1)c1ccccn1. The predicted octanol–water partition coefficient (Wildman–Crippen LogP) is 1.96. The molecule has 6 nitrogen and oxygen atoms in total. The molecule has 2 aromatic rings. The van der Waals surface area contributed by atoms with Gasteiger partial charge in [-0.3, -0.25) is 19.6 Å². The first-order chi connectivity index (χ1) is 12.2. The second-order valence-corrected chi connectivity index (χ2v) is 6.65. The van der Waals surface area contributed by atoms with Crippen molar-refractivity contribution in [2.45, 2.75) is 31.3 Å². The Morgan fingerprint density at radius 3 is 2.76 bits per heavy atom. The number of hydrogen-bond donors (Lipinski definition) is 1. The van der Waals surface area contributed by atoms with Crippen molar-refractivity contribution < 1.29 is 9.59 Å². The van der Waals surface area contributed by atoms with Crippen LogP contribution in [0.3, 0.4) is 0 Å². The second-order valence-electron chi connectivity index (χ2n) is 6.65. The molecule has 0 bridgehead atoms. The van der Waals surface area contributed by atoms with Crippen LogP contribution in [0.5, 0.6) is 0 Å². The number of rotatable bonds is 5. The fourth-order valence-electron chi connectivity index (χ4n) is 3.59. The maximum absolute atomic E-state index is 12.5. The van der Waals surface area contributed by atoms with Crippen LogP contribution in [0.1, 0.15) is 41.4 Å². The lowest BCUT2D eigenvalue weighted by Crippen LogP contribution is -2.35. The number of carbonyl (C=O) groups is 2. The van der Waals surface area contributed by atoms with E-state index < -0.39 is 0 Å². The molecule has 2 aromatic heterocycles. The summed E-state index contributed by atoms with van der Waals surface area (Å²) < 4.78 is 0. The van der Waals surface area contributed by atoms with Crippen molar-refractivity contribution in [2.75, 3.05) is 6.54 Å². The molecule has 2 amide bonds. The van der Waals surface area contributed by atoms with Crippen LogP contribution < -0.4 is 5.32 Å². The first kappa shape index (κ1) is 15.7. The van der Waals surface area contributed by atoms with Crippen LogP contribution >= 0.6 is 0 Å². The van der Waals surface area contributed by atoms with E-state index in [2.05, 4.69) is 15.3 Å². The molecule has 0 aromatic carbocycles. The Balaban J connectivity index is 1.51. The van der Waals surface area contributed by atoms with Crippen LogP contribution in [-0.2, 0) is 4.79 Å². The Kier molecular flexibility index (Phi) is 4.17. The molecule has 25 heavy (non-hydrogen) atoms. The van der Waals surface area contributed by atoms with Crippen molar-refractivity contribution in [3.05, 3.63) is 60.2 Å². The Morgan fingerprint density at radius 1 is 1.20 bits per heavy atom. The van der Waals surface area contributed by atoms with E-state index in [0.29, 0.717) is 24.7 Å². The highest BCUT2D eigenvalue weighted by molar-refractivity contribution is 5.92. The van der Waals surface area contributed by atoms with E-state index in [1.54, 1.807) is 30.6 Å². The fraction of sp³-hybridized carbons (Fsp3) is 0.368. The molecule has 1 N–H and O–H groups in total. The number of aromatic nitrogens is 2. The highest BCUT2D eigenvalue weighted by Crippen LogP contribution is 2.44. The quantitative estimate of drug-likeness (QED) is 0.906. The standard InChI is InChI=1S/C19H20N4O2/c24-17-10-14(12-22-19(25)16-5-1-2-9-21-16)18(23(17)15-6-7-15)13-4-3-8-20-11-13/h1-5,8-9,11,14-15,18H,6-7,10,12H2,(H,22,25)/t14-,18-/m0/s1. The average molecular weight is 336 g/mol. The molecule has 0 radical (unpaired) electrons. The maximum Gasteiger partial charge on any atom is 0.269 e. The Hall–Kier alpha value is -2.76. The van der Waals surface area contributed by atoms with Gasteiger partial charge >= 0.3 is 0 Å². The van der Waals surface area contributed by atoms with Gasteiger partial charge in [0.15, 0.2) is 0 Å². The van der Waals surface area contributed by atoms with Gasteiger partial charge in [-0.05, 0) is 36.6 Å². The van der Waals surface area contributed by atoms with Gasteiger partial charge in [-0.1, -0.05) is 12.1 Å². The monoisotopic (exact) mass is 336 g/mol. The number of carbonyl (C=O) groups excluding carboxylic acids is 2. The van der Waals surface area contributed by atoms with Gasteiger partial charge in [0.25, 0.3) is 5.91 Å². The lowest BCUT2D eigenvalue weighted by atomic mass is 9.94. The molecule has 0 unspecified atom stereocenters. The van der Waals surface area contributed by atoms with E-state index in [0.717, 1.165) is 18.4 Å². The van der Waals surface area contributed by atoms with Crippen molar-refractivity contribution in [2.24, 2.45) is 5.92 Å². The van der Waals surface area contributed by atoms with Gasteiger partial charge < -0.3 is 10.2 Å². The third kappa shape index (κ3) is 3.24. The zero-order valence-electron chi connectivity index (χ0n) is 13.8. The smallest absolute Gasteiger partial charge is 0.269 e. The van der Waals surface area contributed by atoms with Crippen LogP contribution in [0.2, 0.25) is 0 Å². The van der Waals surface area contributed by atoms with E-state index in [-0.39, 0.29) is 23.8 Å². The molecule has 2 atom stereocenters. The van der Waals surface area contributed by atoms with Crippen LogP contribution in [0.15, 0.2) is 48.9 Å². The van der Waals surface area contributed by atoms with Gasteiger partial charge in [0, 0.05) is 43.5 Å². The minimum absolute atomic E-state index is 0.0160. The molecule has 2 fully saturated rings. The third-order valence-corrected chi connectivity index (χ3v) is 4.86. The molecule has 4 rings (SSSR count). The van der Waals surface area contributed by atoms with Crippen molar-refractivity contribution in [1.29, 1.82) is 0 Å². The summed E-state index contributed by atoms with van der Waals surface area (Å²) in [6, 6.07) is 9.48. The molecule has 2 aliphatic rings. The lowest BCUT2D eigenvalue weighted by molar-refractivity contribution is -0.129. The average Bonchev–Trinajstić information content (AvgIpc) is 3.44. The van der Waals surface area contributed by atoms with Crippen molar-refractivity contribution in [1.82, 2.24) is 20.2 Å². The summed E-state index contributed by atoms with van der Waals surface area (Å²) in [4.78, 5) is 35.1. The zero-order chi connectivity index (χ0) is 17.2. The molecule has 1 aliphatic carbocycles. The summed E-state index contributed by atoms with van der Waals surface area (Å²) in [6.07, 6.45) is 7.75. The summed E-state index contributed by atoms with van der Waals surface area (Å²) in [5.41, 5.74) is 1.43. The highest BCUT2D eigenvalue weighted by atomic mass is 16.2. The molecule has 6 heteroatoms. The van der Waals surface area contributed by atoms with E-state index in [4.69, 9.17) is 0 Å². The van der Waals surface area contributed by atoms with Gasteiger partial charge in [0.2, 0.25) is 5.91 Å². The first-order valence-electron chi connectivity index (χ1n) is 8.64. The van der Waals surface area contributed by atoms with E-state index >= 15 is 0 Å². The van der Waals surface area contributed by atoms with Crippen LogP contribution in [-0.4, -0.2) is 39.3 Å². The topological polar surface area (TPSA) is 75.2 Å². The number of hydrogen-bond acceptors (Lipinski definition) is 4. The molecule has 128 valence electrons. The molecule has 1 saturated heterocycles. The predicted molar refractivity (Wildman–Crippen MR) is 91.5 cm³/mol. The zero-order valence-corrected chi connectivity index (χ0v) is 13.8. The van der Waals surface area contributed by atoms with Crippen LogP contribution in [0.25, 0.3) is 0 Å². The summed E-state index contributed by atoms with van der Waals surface area (Å²) in [5.74, 6) is 0.0151. The fourth-order valence-corrected chi connectivity index (χ4v) is 3.59. The van der Waals surface area contributed by atoms with Gasteiger partial charge in [-0.2, -0.15) is 0 Å². The van der Waals surface area contributed by atoms with Crippen molar-refractivity contribution in [3.63, 3.8) is 0 Å². The molecular weight excluding hydrogens is 316 g/mol. The van der Waals surface area contributed by atoms with Crippen molar-refractivity contribution in [3.8, 4) is 0 Å². The van der Waals surface area contributed by atoms with Gasteiger partial charge in [0.1, 0.15) is 5.69 Å². The van der Waals surface area contributed by atoms with E-state index in [9.17, 15) is 9.59 Å². The van der Waals surface area contributed by atoms with Crippen LogP contribution in [0.4, 0.5) is 0 Å². The summed E-state index contributed by atoms with van der Waals surface area (Å²) in [7, 11) is 0. The molecular formula is C19H20N4O2. The second kappa shape index (κ2) is 6.63. The van der Waals surface area contributed by atoms with E-state index in [1.165, 1.54) is 0 Å². The Labute approximate surface area is 146 Å². The summed E-state index contributed by atoms with van der Waals surface area (Å²) >= 11 is 0. The van der Waals surface area contributed by atoms with Gasteiger partial charge in [0.05, 0.1) is 6.04 Å². The number of nitrogens with one attached hydrogen (secondary N) is 1. The van der Waals surface area contributed by atoms with Gasteiger partial charge in [-0.15, -0.1) is 0 Å². The first-order valence-corrected chi connectivity index (χ1v) is 8.64. The van der Waals surface area contributed by atoms with Gasteiger partial charge in [-0.25, -0.2) is 0 Å². The maximum atomic E-state index is 12.5. The number of likely N-dealkylation sites (tertiary alicyclic amines) is 1. The summed E-state index contributed by atoms with van der Waals surface area (Å²) in [5, 5.41) is 2.94. The number of pyridine rings is 2. The Bertz CT molecular complexity index is 762. The highest BCUT2D eigenvalue weighted by Gasteiger charge is 2.47. The largest absolute Gasteiger partial charge is 0.350 e. The molecule has 1 saturated carbocycles. The normalized spacial score (nSPS) is 22.9. The molecule has 3 heterocycles. The number of nitrogens with zero attached hydrogens (tertiary/aromatic N) is 3. The minimum Gasteiger partial charge on any atom is -0.350 e. The third-order valence-electron chi connectivity index (χ3n) is 4.86. The Morgan fingerprint density at radius 2 is 2.08 bits per heavy atom. The van der Waals surface area contributed by atoms with E-state index in [1.807, 2.05) is 23.2 Å². The summed E-state index contributed by atoms with van der Waals surface area (Å²) in [6.45, 7) is 0.448. The lowest BCUT2D eigenvalue weighted by Gasteiger charge is -2.28. The van der Waals surface area contributed by atoms with Crippen LogP contribution in [0, 0.1) is 5.92 Å². The molecule has 0 spiro atoms. The minimum atomic E-state index is -0.206. The molecule has 1 aliphatic heterocycles. The number of amides is 2.